The van der Waals surface area contributed by atoms with Crippen LogP contribution in [0.5, 0.6) is 0 Å². The first kappa shape index (κ1) is 12.4. The van der Waals surface area contributed by atoms with Crippen molar-refractivity contribution in [3.8, 4) is 0 Å². The summed E-state index contributed by atoms with van der Waals surface area (Å²) in [5, 5.41) is 0.767. The molecule has 88 valence electrons. The number of hydrogen-bond acceptors (Lipinski definition) is 2. The van der Waals surface area contributed by atoms with Crippen molar-refractivity contribution in [3.63, 3.8) is 0 Å². The second kappa shape index (κ2) is 5.50. The van der Waals surface area contributed by atoms with E-state index < -0.39 is 0 Å². The Morgan fingerprint density at radius 1 is 1.56 bits per heavy atom. The zero-order chi connectivity index (χ0) is 11.5. The van der Waals surface area contributed by atoms with Crippen LogP contribution in [-0.4, -0.2) is 18.8 Å². The maximum absolute atomic E-state index is 6.15. The van der Waals surface area contributed by atoms with Gasteiger partial charge >= 0.3 is 0 Å². The molecule has 0 radical (unpaired) electrons. The predicted octanol–water partition coefficient (Wildman–Crippen LogP) is 3.15. The molecule has 0 spiro atoms. The minimum absolute atomic E-state index is 0.0428. The van der Waals surface area contributed by atoms with Crippen molar-refractivity contribution in [1.82, 2.24) is 0 Å². The quantitative estimate of drug-likeness (QED) is 0.931. The van der Waals surface area contributed by atoms with Gasteiger partial charge in [0.05, 0.1) is 6.10 Å². The van der Waals surface area contributed by atoms with E-state index in [2.05, 4.69) is 15.9 Å². The van der Waals surface area contributed by atoms with Crippen molar-refractivity contribution in [3.05, 3.63) is 33.3 Å². The fourth-order valence-electron chi connectivity index (χ4n) is 2.01. The van der Waals surface area contributed by atoms with Crippen molar-refractivity contribution in [2.75, 3.05) is 6.61 Å². The van der Waals surface area contributed by atoms with Crippen LogP contribution in [0.1, 0.15) is 18.4 Å². The summed E-state index contributed by atoms with van der Waals surface area (Å²) in [7, 11) is 0. The molecule has 1 aromatic carbocycles. The average molecular weight is 305 g/mol. The Balaban J connectivity index is 2.02. The van der Waals surface area contributed by atoms with Gasteiger partial charge in [-0.2, -0.15) is 0 Å². The van der Waals surface area contributed by atoms with E-state index in [-0.39, 0.29) is 12.1 Å². The fourth-order valence-corrected chi connectivity index (χ4v) is 2.76. The third-order valence-corrected chi connectivity index (χ3v) is 3.76. The molecule has 1 aliphatic heterocycles. The fraction of sp³-hybridized carbons (Fsp3) is 0.500. The minimum atomic E-state index is 0.0428. The molecule has 1 saturated heterocycles. The number of benzene rings is 1. The van der Waals surface area contributed by atoms with E-state index in [1.165, 1.54) is 0 Å². The number of rotatable bonds is 3. The van der Waals surface area contributed by atoms with Crippen LogP contribution in [0.25, 0.3) is 0 Å². The summed E-state index contributed by atoms with van der Waals surface area (Å²) < 4.78 is 6.57. The summed E-state index contributed by atoms with van der Waals surface area (Å²) in [4.78, 5) is 0. The standard InChI is InChI=1S/C12H15BrClNO/c13-9-4-3-8(10(14)7-9)6-11(15)12-2-1-5-16-12/h3-4,7,11-12H,1-2,5-6,15H2. The first-order chi connectivity index (χ1) is 7.66. The van der Waals surface area contributed by atoms with Crippen LogP contribution >= 0.6 is 27.5 Å². The molecule has 2 N–H and O–H groups in total. The van der Waals surface area contributed by atoms with Crippen LogP contribution in [0, 0.1) is 0 Å². The third kappa shape index (κ3) is 2.98. The summed E-state index contributed by atoms with van der Waals surface area (Å²) in [5.74, 6) is 0. The maximum atomic E-state index is 6.15. The number of halogens is 2. The molecule has 2 unspecified atom stereocenters. The average Bonchev–Trinajstić information content (AvgIpc) is 2.75. The van der Waals surface area contributed by atoms with Crippen LogP contribution in [0.4, 0.5) is 0 Å². The molecule has 1 aromatic rings. The highest BCUT2D eigenvalue weighted by Gasteiger charge is 2.23. The van der Waals surface area contributed by atoms with Crippen molar-refractivity contribution >= 4 is 27.5 Å². The lowest BCUT2D eigenvalue weighted by Crippen LogP contribution is -2.36. The molecule has 0 aromatic heterocycles. The molecular weight excluding hydrogens is 289 g/mol. The topological polar surface area (TPSA) is 35.2 Å². The van der Waals surface area contributed by atoms with E-state index >= 15 is 0 Å². The predicted molar refractivity (Wildman–Crippen MR) is 69.8 cm³/mol. The van der Waals surface area contributed by atoms with E-state index in [9.17, 15) is 0 Å². The molecule has 2 nitrogen and oxygen atoms in total. The highest BCUT2D eigenvalue weighted by Crippen LogP contribution is 2.24. The molecule has 2 rings (SSSR count). The lowest BCUT2D eigenvalue weighted by atomic mass is 10.0. The van der Waals surface area contributed by atoms with Crippen molar-refractivity contribution in [2.45, 2.75) is 31.4 Å². The molecule has 1 heterocycles. The van der Waals surface area contributed by atoms with Gasteiger partial charge in [-0.3, -0.25) is 0 Å². The molecule has 1 aliphatic rings. The van der Waals surface area contributed by atoms with Gasteiger partial charge < -0.3 is 10.5 Å². The van der Waals surface area contributed by atoms with Gasteiger partial charge in [0.2, 0.25) is 0 Å². The monoisotopic (exact) mass is 303 g/mol. The summed E-state index contributed by atoms with van der Waals surface area (Å²) in [6.07, 6.45) is 3.15. The van der Waals surface area contributed by atoms with Crippen LogP contribution in [0.15, 0.2) is 22.7 Å². The van der Waals surface area contributed by atoms with Crippen LogP contribution in [0.2, 0.25) is 5.02 Å². The Bertz CT molecular complexity index is 366. The van der Waals surface area contributed by atoms with Gasteiger partial charge in [-0.15, -0.1) is 0 Å². The molecule has 4 heteroatoms. The second-order valence-electron chi connectivity index (χ2n) is 4.16. The Morgan fingerprint density at radius 3 is 3.00 bits per heavy atom. The van der Waals surface area contributed by atoms with E-state index in [1.807, 2.05) is 18.2 Å². The molecule has 16 heavy (non-hydrogen) atoms. The first-order valence-electron chi connectivity index (χ1n) is 5.48. The summed E-state index contributed by atoms with van der Waals surface area (Å²) in [5.41, 5.74) is 7.21. The van der Waals surface area contributed by atoms with Crippen LogP contribution < -0.4 is 5.73 Å². The Hall–Kier alpha value is -0.0900. The lowest BCUT2D eigenvalue weighted by molar-refractivity contribution is 0.0900. The normalized spacial score (nSPS) is 22.3. The van der Waals surface area contributed by atoms with Crippen molar-refractivity contribution in [2.24, 2.45) is 5.73 Å². The van der Waals surface area contributed by atoms with Gasteiger partial charge in [-0.1, -0.05) is 33.6 Å². The van der Waals surface area contributed by atoms with Gasteiger partial charge in [0.25, 0.3) is 0 Å². The Labute approximate surface area is 109 Å². The SMILES string of the molecule is NC(Cc1ccc(Br)cc1Cl)C1CCCO1. The molecule has 1 fully saturated rings. The van der Waals surface area contributed by atoms with Gasteiger partial charge in [0, 0.05) is 22.1 Å². The van der Waals surface area contributed by atoms with Gasteiger partial charge in [-0.25, -0.2) is 0 Å². The lowest BCUT2D eigenvalue weighted by Gasteiger charge is -2.19. The molecule has 0 aliphatic carbocycles. The summed E-state index contributed by atoms with van der Waals surface area (Å²) in [6, 6.07) is 5.95. The highest BCUT2D eigenvalue weighted by molar-refractivity contribution is 9.10. The van der Waals surface area contributed by atoms with E-state index in [1.54, 1.807) is 0 Å². The van der Waals surface area contributed by atoms with Crippen molar-refractivity contribution in [1.29, 1.82) is 0 Å². The van der Waals surface area contributed by atoms with Crippen molar-refractivity contribution < 1.29 is 4.74 Å². The largest absolute Gasteiger partial charge is 0.377 e. The molecular formula is C12H15BrClNO. The van der Waals surface area contributed by atoms with Crippen LogP contribution in [0.3, 0.4) is 0 Å². The first-order valence-corrected chi connectivity index (χ1v) is 6.65. The van der Waals surface area contributed by atoms with E-state index in [0.717, 1.165) is 40.9 Å². The summed E-state index contributed by atoms with van der Waals surface area (Å²) in [6.45, 7) is 0.840. The second-order valence-corrected chi connectivity index (χ2v) is 5.48. The molecule has 2 atom stereocenters. The maximum Gasteiger partial charge on any atom is 0.0730 e. The third-order valence-electron chi connectivity index (χ3n) is 2.91. The van der Waals surface area contributed by atoms with Gasteiger partial charge in [0.1, 0.15) is 0 Å². The molecule has 0 saturated carbocycles. The van der Waals surface area contributed by atoms with E-state index in [0.29, 0.717) is 0 Å². The number of hydrogen-bond donors (Lipinski definition) is 1. The number of nitrogens with two attached hydrogens (primary N) is 1. The Morgan fingerprint density at radius 2 is 2.38 bits per heavy atom. The zero-order valence-corrected chi connectivity index (χ0v) is 11.3. The summed E-state index contributed by atoms with van der Waals surface area (Å²) >= 11 is 9.54. The molecule has 0 bridgehead atoms. The highest BCUT2D eigenvalue weighted by atomic mass is 79.9. The van der Waals surface area contributed by atoms with E-state index in [4.69, 9.17) is 22.1 Å². The van der Waals surface area contributed by atoms with Gasteiger partial charge in [0.15, 0.2) is 0 Å². The Kier molecular flexibility index (Phi) is 4.25. The zero-order valence-electron chi connectivity index (χ0n) is 8.96. The number of ether oxygens (including phenoxy) is 1. The molecule has 0 amide bonds. The van der Waals surface area contributed by atoms with Gasteiger partial charge in [-0.05, 0) is 37.0 Å². The minimum Gasteiger partial charge on any atom is -0.377 e. The smallest absolute Gasteiger partial charge is 0.0730 e. The van der Waals surface area contributed by atoms with Crippen LogP contribution in [-0.2, 0) is 11.2 Å².